The molecule has 0 amide bonds. The fourth-order valence-electron chi connectivity index (χ4n) is 1.71. The highest BCUT2D eigenvalue weighted by Gasteiger charge is 2.13. The van der Waals surface area contributed by atoms with Crippen molar-refractivity contribution in [1.29, 1.82) is 0 Å². The van der Waals surface area contributed by atoms with Crippen LogP contribution in [0, 0.1) is 0 Å². The number of aromatic nitrogens is 1. The predicted octanol–water partition coefficient (Wildman–Crippen LogP) is 3.07. The van der Waals surface area contributed by atoms with Gasteiger partial charge in [-0.2, -0.15) is 0 Å². The molecule has 0 bridgehead atoms. The van der Waals surface area contributed by atoms with E-state index in [0.717, 1.165) is 18.8 Å². The number of rotatable bonds is 6. The van der Waals surface area contributed by atoms with Gasteiger partial charge in [-0.15, -0.1) is 0 Å². The summed E-state index contributed by atoms with van der Waals surface area (Å²) < 4.78 is 0. The first-order valence-corrected chi connectivity index (χ1v) is 6.18. The van der Waals surface area contributed by atoms with Gasteiger partial charge in [-0.25, -0.2) is 4.98 Å². The molecule has 0 saturated heterocycles. The molecule has 1 unspecified atom stereocenters. The lowest BCUT2D eigenvalue weighted by molar-refractivity contribution is 0.590. The average molecular weight is 221 g/mol. The van der Waals surface area contributed by atoms with E-state index >= 15 is 0 Å². The Bertz CT molecular complexity index is 312. The van der Waals surface area contributed by atoms with Crippen molar-refractivity contribution in [1.82, 2.24) is 4.98 Å². The van der Waals surface area contributed by atoms with Crippen LogP contribution >= 0.6 is 0 Å². The molecule has 0 aliphatic rings. The minimum absolute atomic E-state index is 0.515. The summed E-state index contributed by atoms with van der Waals surface area (Å²) in [5, 5.41) is 0. The van der Waals surface area contributed by atoms with Crippen LogP contribution in [-0.4, -0.2) is 17.6 Å². The van der Waals surface area contributed by atoms with E-state index in [0.29, 0.717) is 11.9 Å². The zero-order valence-electron chi connectivity index (χ0n) is 10.6. The summed E-state index contributed by atoms with van der Waals surface area (Å²) in [5.41, 5.74) is 5.73. The summed E-state index contributed by atoms with van der Waals surface area (Å²) in [4.78, 5) is 6.75. The molecular formula is C13H23N3. The van der Waals surface area contributed by atoms with Gasteiger partial charge in [0, 0.05) is 12.6 Å². The second-order valence-corrected chi connectivity index (χ2v) is 4.22. The minimum Gasteiger partial charge on any atom is -0.384 e. The number of nitrogen functional groups attached to an aromatic ring is 1. The SMILES string of the molecule is CCCCN(c1cccc(N)n1)C(C)CC. The first-order valence-electron chi connectivity index (χ1n) is 6.18. The summed E-state index contributed by atoms with van der Waals surface area (Å²) in [6, 6.07) is 6.36. The third kappa shape index (κ3) is 3.40. The Morgan fingerprint density at radius 2 is 2.12 bits per heavy atom. The first kappa shape index (κ1) is 12.8. The Balaban J connectivity index is 2.82. The highest BCUT2D eigenvalue weighted by Crippen LogP contribution is 2.17. The molecule has 0 fully saturated rings. The molecule has 0 radical (unpaired) electrons. The first-order chi connectivity index (χ1) is 7.69. The fraction of sp³-hybridized carbons (Fsp3) is 0.615. The molecule has 1 aromatic rings. The maximum absolute atomic E-state index is 5.73. The number of anilines is 2. The number of unbranched alkanes of at least 4 members (excludes halogenated alkanes) is 1. The van der Waals surface area contributed by atoms with E-state index in [2.05, 4.69) is 30.7 Å². The Hall–Kier alpha value is -1.25. The third-order valence-electron chi connectivity index (χ3n) is 2.93. The lowest BCUT2D eigenvalue weighted by Gasteiger charge is -2.29. The van der Waals surface area contributed by atoms with Gasteiger partial charge in [-0.05, 0) is 31.9 Å². The quantitative estimate of drug-likeness (QED) is 0.802. The molecule has 90 valence electrons. The maximum Gasteiger partial charge on any atom is 0.131 e. The molecule has 1 aromatic heterocycles. The summed E-state index contributed by atoms with van der Waals surface area (Å²) in [7, 11) is 0. The molecule has 0 saturated carbocycles. The average Bonchev–Trinajstić information content (AvgIpc) is 2.29. The summed E-state index contributed by atoms with van der Waals surface area (Å²) in [6.07, 6.45) is 3.52. The van der Waals surface area contributed by atoms with Crippen LogP contribution in [0.5, 0.6) is 0 Å². The topological polar surface area (TPSA) is 42.1 Å². The van der Waals surface area contributed by atoms with E-state index in [1.165, 1.54) is 12.8 Å². The zero-order chi connectivity index (χ0) is 12.0. The molecule has 1 rings (SSSR count). The Kier molecular flexibility index (Phi) is 5.09. The smallest absolute Gasteiger partial charge is 0.131 e. The molecule has 3 heteroatoms. The van der Waals surface area contributed by atoms with Gasteiger partial charge >= 0.3 is 0 Å². The Morgan fingerprint density at radius 1 is 1.38 bits per heavy atom. The number of pyridine rings is 1. The van der Waals surface area contributed by atoms with Gasteiger partial charge in [0.25, 0.3) is 0 Å². The number of hydrogen-bond acceptors (Lipinski definition) is 3. The van der Waals surface area contributed by atoms with Crippen LogP contribution in [0.3, 0.4) is 0 Å². The second kappa shape index (κ2) is 6.36. The van der Waals surface area contributed by atoms with Crippen molar-refractivity contribution in [2.24, 2.45) is 0 Å². The lowest BCUT2D eigenvalue weighted by Crippen LogP contribution is -2.34. The molecule has 0 aliphatic carbocycles. The second-order valence-electron chi connectivity index (χ2n) is 4.22. The molecule has 16 heavy (non-hydrogen) atoms. The monoisotopic (exact) mass is 221 g/mol. The van der Waals surface area contributed by atoms with Gasteiger partial charge < -0.3 is 10.6 Å². The number of nitrogens with two attached hydrogens (primary N) is 1. The van der Waals surface area contributed by atoms with E-state index in [1.807, 2.05) is 18.2 Å². The van der Waals surface area contributed by atoms with Crippen LogP contribution in [0.1, 0.15) is 40.0 Å². The maximum atomic E-state index is 5.73. The Labute approximate surface area is 98.7 Å². The van der Waals surface area contributed by atoms with Crippen molar-refractivity contribution in [3.8, 4) is 0 Å². The highest BCUT2D eigenvalue weighted by molar-refractivity contribution is 5.45. The van der Waals surface area contributed by atoms with Crippen molar-refractivity contribution in [2.75, 3.05) is 17.2 Å². The summed E-state index contributed by atoms with van der Waals surface area (Å²) in [5.74, 6) is 1.60. The van der Waals surface area contributed by atoms with Crippen molar-refractivity contribution in [2.45, 2.75) is 46.1 Å². The largest absolute Gasteiger partial charge is 0.384 e. The van der Waals surface area contributed by atoms with Crippen molar-refractivity contribution in [3.63, 3.8) is 0 Å². The van der Waals surface area contributed by atoms with Crippen LogP contribution in [0.2, 0.25) is 0 Å². The third-order valence-corrected chi connectivity index (χ3v) is 2.93. The van der Waals surface area contributed by atoms with Gasteiger partial charge in [-0.1, -0.05) is 26.3 Å². The summed E-state index contributed by atoms with van der Waals surface area (Å²) >= 11 is 0. The molecular weight excluding hydrogens is 198 g/mol. The molecule has 1 heterocycles. The van der Waals surface area contributed by atoms with Crippen LogP contribution in [0.15, 0.2) is 18.2 Å². The van der Waals surface area contributed by atoms with E-state index in [-0.39, 0.29) is 0 Å². The molecule has 2 N–H and O–H groups in total. The van der Waals surface area contributed by atoms with Crippen molar-refractivity contribution >= 4 is 11.6 Å². The van der Waals surface area contributed by atoms with Gasteiger partial charge in [0.05, 0.1) is 0 Å². The molecule has 0 aliphatic heterocycles. The normalized spacial score (nSPS) is 12.4. The molecule has 0 aromatic carbocycles. The molecule has 3 nitrogen and oxygen atoms in total. The van der Waals surface area contributed by atoms with Crippen molar-refractivity contribution in [3.05, 3.63) is 18.2 Å². The van der Waals surface area contributed by atoms with Gasteiger partial charge in [0.15, 0.2) is 0 Å². The number of hydrogen-bond donors (Lipinski definition) is 1. The minimum atomic E-state index is 0.515. The lowest BCUT2D eigenvalue weighted by atomic mass is 10.2. The predicted molar refractivity (Wildman–Crippen MR) is 70.7 cm³/mol. The van der Waals surface area contributed by atoms with Crippen LogP contribution in [-0.2, 0) is 0 Å². The Morgan fingerprint density at radius 3 is 2.69 bits per heavy atom. The van der Waals surface area contributed by atoms with Crippen LogP contribution < -0.4 is 10.6 Å². The van der Waals surface area contributed by atoms with E-state index in [1.54, 1.807) is 0 Å². The van der Waals surface area contributed by atoms with Crippen molar-refractivity contribution < 1.29 is 0 Å². The van der Waals surface area contributed by atoms with E-state index in [9.17, 15) is 0 Å². The molecule has 0 spiro atoms. The van der Waals surface area contributed by atoms with E-state index < -0.39 is 0 Å². The van der Waals surface area contributed by atoms with Gasteiger partial charge in [-0.3, -0.25) is 0 Å². The van der Waals surface area contributed by atoms with Gasteiger partial charge in [0.2, 0.25) is 0 Å². The highest BCUT2D eigenvalue weighted by atomic mass is 15.2. The van der Waals surface area contributed by atoms with E-state index in [4.69, 9.17) is 5.73 Å². The number of nitrogens with zero attached hydrogens (tertiary/aromatic N) is 2. The summed E-state index contributed by atoms with van der Waals surface area (Å²) in [6.45, 7) is 7.71. The fourth-order valence-corrected chi connectivity index (χ4v) is 1.71. The van der Waals surface area contributed by atoms with Gasteiger partial charge in [0.1, 0.15) is 11.6 Å². The standard InChI is InChI=1S/C13H23N3/c1-4-6-10-16(11(3)5-2)13-9-7-8-12(14)15-13/h7-9,11H,4-6,10H2,1-3H3,(H2,14,15). The zero-order valence-corrected chi connectivity index (χ0v) is 10.6. The van der Waals surface area contributed by atoms with Crippen LogP contribution in [0.25, 0.3) is 0 Å². The van der Waals surface area contributed by atoms with Crippen LogP contribution in [0.4, 0.5) is 11.6 Å². The molecule has 1 atom stereocenters.